The number of pyridine rings is 1. The summed E-state index contributed by atoms with van der Waals surface area (Å²) in [5.41, 5.74) is 0.908. The second-order valence-electron chi connectivity index (χ2n) is 4.83. The highest BCUT2D eigenvalue weighted by Gasteiger charge is 2.17. The number of amides is 2. The van der Waals surface area contributed by atoms with Crippen LogP contribution in [0.3, 0.4) is 0 Å². The standard InChI is InChI=1S/C15H25N3O/c1-4-5-6-8-12-17-15(19)18(3)13(2)14-10-7-9-11-16-14/h7,9-11,13H,4-6,8,12H2,1-3H3,(H,17,19). The maximum atomic E-state index is 12.0. The number of nitrogens with one attached hydrogen (secondary N) is 1. The minimum Gasteiger partial charge on any atom is -0.338 e. The maximum absolute atomic E-state index is 12.0. The molecule has 0 aromatic carbocycles. The summed E-state index contributed by atoms with van der Waals surface area (Å²) >= 11 is 0. The van der Waals surface area contributed by atoms with Crippen LogP contribution in [0.15, 0.2) is 24.4 Å². The van der Waals surface area contributed by atoms with Crippen molar-refractivity contribution in [3.05, 3.63) is 30.1 Å². The smallest absolute Gasteiger partial charge is 0.317 e. The Hall–Kier alpha value is -1.58. The highest BCUT2D eigenvalue weighted by Crippen LogP contribution is 2.15. The first kappa shape index (κ1) is 15.5. The van der Waals surface area contributed by atoms with Crippen molar-refractivity contribution in [1.82, 2.24) is 15.2 Å². The zero-order valence-corrected chi connectivity index (χ0v) is 12.2. The predicted octanol–water partition coefficient (Wildman–Crippen LogP) is 3.36. The van der Waals surface area contributed by atoms with Crippen LogP contribution in [0.1, 0.15) is 51.3 Å². The molecule has 1 atom stereocenters. The first-order chi connectivity index (χ1) is 9.16. The Morgan fingerprint density at radius 1 is 1.37 bits per heavy atom. The number of urea groups is 1. The van der Waals surface area contributed by atoms with Crippen molar-refractivity contribution in [2.75, 3.05) is 13.6 Å². The van der Waals surface area contributed by atoms with Gasteiger partial charge in [0.25, 0.3) is 0 Å². The van der Waals surface area contributed by atoms with Crippen LogP contribution >= 0.6 is 0 Å². The monoisotopic (exact) mass is 263 g/mol. The summed E-state index contributed by atoms with van der Waals surface area (Å²) in [6.07, 6.45) is 6.42. The molecule has 1 aromatic heterocycles. The molecule has 19 heavy (non-hydrogen) atoms. The SMILES string of the molecule is CCCCCCNC(=O)N(C)C(C)c1ccccn1. The van der Waals surface area contributed by atoms with E-state index in [1.165, 1.54) is 19.3 Å². The number of hydrogen-bond donors (Lipinski definition) is 1. The molecule has 1 heterocycles. The zero-order valence-electron chi connectivity index (χ0n) is 12.2. The third-order valence-electron chi connectivity index (χ3n) is 3.32. The van der Waals surface area contributed by atoms with Crippen molar-refractivity contribution in [1.29, 1.82) is 0 Å². The molecule has 4 nitrogen and oxygen atoms in total. The highest BCUT2D eigenvalue weighted by atomic mass is 16.2. The lowest BCUT2D eigenvalue weighted by Crippen LogP contribution is -2.39. The lowest BCUT2D eigenvalue weighted by molar-refractivity contribution is 0.193. The van der Waals surface area contributed by atoms with E-state index in [1.807, 2.05) is 25.1 Å². The molecular formula is C15H25N3O. The third kappa shape index (κ3) is 5.28. The fraction of sp³-hybridized carbons (Fsp3) is 0.600. The number of hydrogen-bond acceptors (Lipinski definition) is 2. The van der Waals surface area contributed by atoms with Gasteiger partial charge >= 0.3 is 6.03 Å². The van der Waals surface area contributed by atoms with E-state index in [0.717, 1.165) is 18.7 Å². The Morgan fingerprint density at radius 3 is 2.79 bits per heavy atom. The summed E-state index contributed by atoms with van der Waals surface area (Å²) in [6, 6.07) is 5.71. The van der Waals surface area contributed by atoms with Crippen LogP contribution in [0.5, 0.6) is 0 Å². The van der Waals surface area contributed by atoms with E-state index in [4.69, 9.17) is 0 Å². The van der Waals surface area contributed by atoms with E-state index in [1.54, 1.807) is 18.1 Å². The van der Waals surface area contributed by atoms with Gasteiger partial charge in [-0.25, -0.2) is 4.79 Å². The van der Waals surface area contributed by atoms with Gasteiger partial charge in [-0.2, -0.15) is 0 Å². The van der Waals surface area contributed by atoms with Crippen molar-refractivity contribution < 1.29 is 4.79 Å². The molecule has 0 aliphatic heterocycles. The summed E-state index contributed by atoms with van der Waals surface area (Å²) in [5, 5.41) is 2.95. The van der Waals surface area contributed by atoms with Crippen LogP contribution in [-0.4, -0.2) is 29.5 Å². The Morgan fingerprint density at radius 2 is 2.16 bits per heavy atom. The molecule has 0 saturated carbocycles. The average molecular weight is 263 g/mol. The molecule has 0 aliphatic rings. The number of carbonyl (C=O) groups excluding carboxylic acids is 1. The van der Waals surface area contributed by atoms with Gasteiger partial charge in [-0.3, -0.25) is 4.98 Å². The van der Waals surface area contributed by atoms with E-state index in [2.05, 4.69) is 17.2 Å². The molecule has 2 amide bonds. The number of rotatable bonds is 7. The topological polar surface area (TPSA) is 45.2 Å². The van der Waals surface area contributed by atoms with E-state index < -0.39 is 0 Å². The Labute approximate surface area is 116 Å². The van der Waals surface area contributed by atoms with Crippen LogP contribution in [-0.2, 0) is 0 Å². The molecule has 4 heteroatoms. The van der Waals surface area contributed by atoms with Gasteiger partial charge in [0.15, 0.2) is 0 Å². The quantitative estimate of drug-likeness (QED) is 0.767. The lowest BCUT2D eigenvalue weighted by atomic mass is 10.2. The van der Waals surface area contributed by atoms with Crippen LogP contribution in [0, 0.1) is 0 Å². The van der Waals surface area contributed by atoms with Crippen LogP contribution in [0.4, 0.5) is 4.79 Å². The maximum Gasteiger partial charge on any atom is 0.317 e. The molecule has 0 aliphatic carbocycles. The fourth-order valence-corrected chi connectivity index (χ4v) is 1.87. The Bertz CT molecular complexity index is 367. The van der Waals surface area contributed by atoms with Crippen molar-refractivity contribution in [2.45, 2.75) is 45.6 Å². The molecular weight excluding hydrogens is 238 g/mol. The van der Waals surface area contributed by atoms with Crippen molar-refractivity contribution >= 4 is 6.03 Å². The lowest BCUT2D eigenvalue weighted by Gasteiger charge is -2.24. The zero-order chi connectivity index (χ0) is 14.1. The van der Waals surface area contributed by atoms with E-state index in [9.17, 15) is 4.79 Å². The number of unbranched alkanes of at least 4 members (excludes halogenated alkanes) is 3. The van der Waals surface area contributed by atoms with Crippen molar-refractivity contribution in [2.24, 2.45) is 0 Å². The van der Waals surface area contributed by atoms with Gasteiger partial charge in [0.05, 0.1) is 11.7 Å². The molecule has 0 saturated heterocycles. The van der Waals surface area contributed by atoms with Crippen LogP contribution in [0.25, 0.3) is 0 Å². The minimum absolute atomic E-state index is 0.0168. The summed E-state index contributed by atoms with van der Waals surface area (Å²) in [5.74, 6) is 0. The predicted molar refractivity (Wildman–Crippen MR) is 78.0 cm³/mol. The first-order valence-corrected chi connectivity index (χ1v) is 7.08. The summed E-state index contributed by atoms with van der Waals surface area (Å²) in [6.45, 7) is 4.91. The van der Waals surface area contributed by atoms with E-state index in [0.29, 0.717) is 0 Å². The van der Waals surface area contributed by atoms with Gasteiger partial charge in [-0.05, 0) is 25.5 Å². The molecule has 0 bridgehead atoms. The molecule has 0 radical (unpaired) electrons. The molecule has 1 N–H and O–H groups in total. The Kier molecular flexibility index (Phi) is 6.93. The van der Waals surface area contributed by atoms with E-state index >= 15 is 0 Å². The van der Waals surface area contributed by atoms with Crippen molar-refractivity contribution in [3.63, 3.8) is 0 Å². The van der Waals surface area contributed by atoms with Gasteiger partial charge in [0, 0.05) is 19.8 Å². The van der Waals surface area contributed by atoms with E-state index in [-0.39, 0.29) is 12.1 Å². The van der Waals surface area contributed by atoms with Crippen molar-refractivity contribution in [3.8, 4) is 0 Å². The third-order valence-corrected chi connectivity index (χ3v) is 3.32. The van der Waals surface area contributed by atoms with Crippen LogP contribution in [0.2, 0.25) is 0 Å². The number of aromatic nitrogens is 1. The largest absolute Gasteiger partial charge is 0.338 e. The summed E-state index contributed by atoms with van der Waals surface area (Å²) in [7, 11) is 1.81. The molecule has 0 fully saturated rings. The van der Waals surface area contributed by atoms with Gasteiger partial charge in [-0.15, -0.1) is 0 Å². The second kappa shape index (κ2) is 8.51. The molecule has 0 spiro atoms. The molecule has 1 unspecified atom stereocenters. The van der Waals surface area contributed by atoms with Gasteiger partial charge < -0.3 is 10.2 Å². The summed E-state index contributed by atoms with van der Waals surface area (Å²) < 4.78 is 0. The van der Waals surface area contributed by atoms with Crippen LogP contribution < -0.4 is 5.32 Å². The highest BCUT2D eigenvalue weighted by molar-refractivity contribution is 5.74. The fourth-order valence-electron chi connectivity index (χ4n) is 1.87. The Balaban J connectivity index is 2.35. The summed E-state index contributed by atoms with van der Waals surface area (Å²) in [4.78, 5) is 18.0. The first-order valence-electron chi connectivity index (χ1n) is 7.08. The average Bonchev–Trinajstić information content (AvgIpc) is 2.46. The minimum atomic E-state index is -0.0327. The molecule has 1 aromatic rings. The number of carbonyl (C=O) groups is 1. The second-order valence-corrected chi connectivity index (χ2v) is 4.83. The normalized spacial score (nSPS) is 11.9. The molecule has 1 rings (SSSR count). The van der Waals surface area contributed by atoms with Gasteiger partial charge in [-0.1, -0.05) is 32.3 Å². The molecule has 106 valence electrons. The van der Waals surface area contributed by atoms with Gasteiger partial charge in [0.2, 0.25) is 0 Å². The van der Waals surface area contributed by atoms with Gasteiger partial charge in [0.1, 0.15) is 0 Å². The number of nitrogens with zero attached hydrogens (tertiary/aromatic N) is 2.